The van der Waals surface area contributed by atoms with Gasteiger partial charge in [-0.05, 0) is 65.6 Å². The van der Waals surface area contributed by atoms with Gasteiger partial charge in [0.05, 0.1) is 0 Å². The summed E-state index contributed by atoms with van der Waals surface area (Å²) in [6, 6.07) is 8.93. The van der Waals surface area contributed by atoms with Crippen LogP contribution < -0.4 is 0 Å². The van der Waals surface area contributed by atoms with Crippen LogP contribution in [0.25, 0.3) is 0 Å². The molecule has 1 aliphatic rings. The van der Waals surface area contributed by atoms with E-state index in [0.29, 0.717) is 0 Å². The van der Waals surface area contributed by atoms with Crippen molar-refractivity contribution in [1.29, 1.82) is 0 Å². The summed E-state index contributed by atoms with van der Waals surface area (Å²) in [5.74, 6) is 0.953. The molecule has 1 unspecified atom stereocenters. The first-order valence-electron chi connectivity index (χ1n) is 6.24. The second-order valence-corrected chi connectivity index (χ2v) is 6.05. The van der Waals surface area contributed by atoms with Crippen molar-refractivity contribution in [2.24, 2.45) is 5.92 Å². The number of likely N-dealkylation sites (tertiary alicyclic amines) is 1. The number of hydrogen-bond donors (Lipinski definition) is 0. The van der Waals surface area contributed by atoms with E-state index in [2.05, 4.69) is 58.7 Å². The Labute approximate surface area is 112 Å². The Morgan fingerprint density at radius 3 is 2.75 bits per heavy atom. The van der Waals surface area contributed by atoms with Crippen LogP contribution in [0.3, 0.4) is 0 Å². The van der Waals surface area contributed by atoms with E-state index in [9.17, 15) is 0 Å². The van der Waals surface area contributed by atoms with Gasteiger partial charge in [-0.3, -0.25) is 4.90 Å². The molecule has 0 aliphatic carbocycles. The summed E-state index contributed by atoms with van der Waals surface area (Å²) in [6.07, 6.45) is 4.14. The van der Waals surface area contributed by atoms with Gasteiger partial charge in [0, 0.05) is 16.7 Å². The zero-order valence-electron chi connectivity index (χ0n) is 9.95. The molecule has 1 aromatic carbocycles. The van der Waals surface area contributed by atoms with Crippen molar-refractivity contribution >= 4 is 22.6 Å². The number of rotatable bonds is 4. The van der Waals surface area contributed by atoms with E-state index in [1.165, 1.54) is 41.5 Å². The fourth-order valence-electron chi connectivity index (χ4n) is 2.55. The first-order chi connectivity index (χ1) is 7.78. The predicted octanol–water partition coefficient (Wildman–Crippen LogP) is 3.91. The average Bonchev–Trinajstić information content (AvgIpc) is 2.70. The van der Waals surface area contributed by atoms with E-state index in [-0.39, 0.29) is 0 Å². The zero-order chi connectivity index (χ0) is 11.4. The molecular weight excluding hydrogens is 309 g/mol. The van der Waals surface area contributed by atoms with Crippen LogP contribution >= 0.6 is 22.6 Å². The number of nitrogens with zero attached hydrogens (tertiary/aromatic N) is 1. The molecule has 0 radical (unpaired) electrons. The van der Waals surface area contributed by atoms with Crippen molar-refractivity contribution in [3.63, 3.8) is 0 Å². The van der Waals surface area contributed by atoms with Crippen molar-refractivity contribution in [1.82, 2.24) is 4.90 Å². The minimum Gasteiger partial charge on any atom is -0.299 e. The Balaban J connectivity index is 1.84. The Morgan fingerprint density at radius 2 is 2.06 bits per heavy atom. The highest BCUT2D eigenvalue weighted by Crippen LogP contribution is 2.22. The predicted molar refractivity (Wildman–Crippen MR) is 77.5 cm³/mol. The van der Waals surface area contributed by atoms with Crippen molar-refractivity contribution in [3.8, 4) is 0 Å². The monoisotopic (exact) mass is 329 g/mol. The normalized spacial score (nSPS) is 21.5. The van der Waals surface area contributed by atoms with Gasteiger partial charge in [-0.1, -0.05) is 25.5 Å². The van der Waals surface area contributed by atoms with Crippen LogP contribution in [0.1, 0.15) is 31.7 Å². The molecule has 0 bridgehead atoms. The largest absolute Gasteiger partial charge is 0.299 e. The molecule has 0 saturated carbocycles. The molecule has 1 aliphatic heterocycles. The van der Waals surface area contributed by atoms with Gasteiger partial charge in [-0.2, -0.15) is 0 Å². The average molecular weight is 329 g/mol. The molecule has 1 saturated heterocycles. The smallest absolute Gasteiger partial charge is 0.0233 e. The molecule has 1 atom stereocenters. The molecule has 0 N–H and O–H groups in total. The van der Waals surface area contributed by atoms with Crippen molar-refractivity contribution < 1.29 is 0 Å². The number of benzene rings is 1. The third kappa shape index (κ3) is 3.45. The molecule has 0 spiro atoms. The fourth-order valence-corrected chi connectivity index (χ4v) is 2.91. The van der Waals surface area contributed by atoms with Crippen molar-refractivity contribution in [3.05, 3.63) is 33.4 Å². The number of halogens is 1. The van der Waals surface area contributed by atoms with E-state index in [1.807, 2.05) is 0 Å². The lowest BCUT2D eigenvalue weighted by Gasteiger charge is -2.15. The molecule has 0 aromatic heterocycles. The Hall–Kier alpha value is -0.0900. The molecule has 1 nitrogen and oxygen atoms in total. The topological polar surface area (TPSA) is 3.24 Å². The van der Waals surface area contributed by atoms with Crippen LogP contribution in [0, 0.1) is 9.49 Å². The highest BCUT2D eigenvalue weighted by Gasteiger charge is 2.21. The molecule has 1 aromatic rings. The molecule has 88 valence electrons. The minimum absolute atomic E-state index is 0.953. The summed E-state index contributed by atoms with van der Waals surface area (Å²) < 4.78 is 1.33. The van der Waals surface area contributed by atoms with Gasteiger partial charge in [0.2, 0.25) is 0 Å². The lowest BCUT2D eigenvalue weighted by Crippen LogP contribution is -2.20. The van der Waals surface area contributed by atoms with Gasteiger partial charge in [0.1, 0.15) is 0 Å². The van der Waals surface area contributed by atoms with E-state index in [0.717, 1.165) is 12.5 Å². The van der Waals surface area contributed by atoms with E-state index in [1.54, 1.807) is 0 Å². The SMILES string of the molecule is CCCC1CCN(Cc2ccc(I)cc2)C1. The van der Waals surface area contributed by atoms with Crippen molar-refractivity contribution in [2.75, 3.05) is 13.1 Å². The highest BCUT2D eigenvalue weighted by atomic mass is 127. The van der Waals surface area contributed by atoms with Crippen LogP contribution in [0.5, 0.6) is 0 Å². The first kappa shape index (κ1) is 12.4. The molecular formula is C14H20IN. The molecule has 1 fully saturated rings. The van der Waals surface area contributed by atoms with Gasteiger partial charge in [0.15, 0.2) is 0 Å². The summed E-state index contributed by atoms with van der Waals surface area (Å²) in [7, 11) is 0. The van der Waals surface area contributed by atoms with Crippen LogP contribution in [-0.2, 0) is 6.54 Å². The summed E-state index contributed by atoms with van der Waals surface area (Å²) in [4.78, 5) is 2.60. The summed E-state index contributed by atoms with van der Waals surface area (Å²) in [6.45, 7) is 6.02. The minimum atomic E-state index is 0.953. The highest BCUT2D eigenvalue weighted by molar-refractivity contribution is 14.1. The molecule has 2 rings (SSSR count). The van der Waals surface area contributed by atoms with Gasteiger partial charge >= 0.3 is 0 Å². The summed E-state index contributed by atoms with van der Waals surface area (Å²) in [5, 5.41) is 0. The van der Waals surface area contributed by atoms with Crippen LogP contribution in [-0.4, -0.2) is 18.0 Å². The lowest BCUT2D eigenvalue weighted by molar-refractivity contribution is 0.313. The maximum Gasteiger partial charge on any atom is 0.0233 e. The van der Waals surface area contributed by atoms with Crippen LogP contribution in [0.4, 0.5) is 0 Å². The van der Waals surface area contributed by atoms with E-state index >= 15 is 0 Å². The summed E-state index contributed by atoms with van der Waals surface area (Å²) in [5.41, 5.74) is 1.46. The van der Waals surface area contributed by atoms with Gasteiger partial charge in [0.25, 0.3) is 0 Å². The maximum atomic E-state index is 2.60. The van der Waals surface area contributed by atoms with Crippen molar-refractivity contribution in [2.45, 2.75) is 32.7 Å². The quantitative estimate of drug-likeness (QED) is 0.757. The molecule has 0 amide bonds. The van der Waals surface area contributed by atoms with Gasteiger partial charge in [-0.25, -0.2) is 0 Å². The van der Waals surface area contributed by atoms with Crippen LogP contribution in [0.2, 0.25) is 0 Å². The van der Waals surface area contributed by atoms with E-state index in [4.69, 9.17) is 0 Å². The maximum absolute atomic E-state index is 2.60. The third-order valence-corrected chi connectivity index (χ3v) is 4.11. The van der Waals surface area contributed by atoms with Crippen LogP contribution in [0.15, 0.2) is 24.3 Å². The molecule has 1 heterocycles. The second-order valence-electron chi connectivity index (χ2n) is 4.80. The molecule has 16 heavy (non-hydrogen) atoms. The zero-order valence-corrected chi connectivity index (χ0v) is 12.1. The Bertz CT molecular complexity index is 320. The Kier molecular flexibility index (Phi) is 4.65. The second kappa shape index (κ2) is 6.01. The van der Waals surface area contributed by atoms with E-state index < -0.39 is 0 Å². The number of hydrogen-bond acceptors (Lipinski definition) is 1. The first-order valence-corrected chi connectivity index (χ1v) is 7.32. The van der Waals surface area contributed by atoms with Gasteiger partial charge < -0.3 is 0 Å². The summed E-state index contributed by atoms with van der Waals surface area (Å²) >= 11 is 2.36. The fraction of sp³-hybridized carbons (Fsp3) is 0.571. The lowest BCUT2D eigenvalue weighted by atomic mass is 10.0. The Morgan fingerprint density at radius 1 is 1.31 bits per heavy atom. The standard InChI is InChI=1S/C14H20IN/c1-2-3-12-8-9-16(10-12)11-13-4-6-14(15)7-5-13/h4-7,12H,2-3,8-11H2,1H3. The molecule has 2 heteroatoms. The third-order valence-electron chi connectivity index (χ3n) is 3.39. The van der Waals surface area contributed by atoms with Gasteiger partial charge in [-0.15, -0.1) is 0 Å².